The Hall–Kier alpha value is -1.71. The van der Waals surface area contributed by atoms with Gasteiger partial charge in [-0.25, -0.2) is 0 Å². The Balaban J connectivity index is 1.81. The largest absolute Gasteiger partial charge is 0.497 e. The predicted octanol–water partition coefficient (Wildman–Crippen LogP) is 2.69. The number of aryl methyl sites for hydroxylation is 1. The van der Waals surface area contributed by atoms with Crippen LogP contribution in [0.4, 0.5) is 0 Å². The summed E-state index contributed by atoms with van der Waals surface area (Å²) >= 11 is 0. The van der Waals surface area contributed by atoms with Gasteiger partial charge in [-0.05, 0) is 50.3 Å². The number of guanidine groups is 1. The molecule has 4 heteroatoms. The number of nitrogens with zero attached hydrogens (tertiary/aromatic N) is 2. The van der Waals surface area contributed by atoms with Crippen molar-refractivity contribution in [3.63, 3.8) is 0 Å². The molecule has 1 aliphatic rings. The van der Waals surface area contributed by atoms with Gasteiger partial charge in [0.15, 0.2) is 5.96 Å². The van der Waals surface area contributed by atoms with Crippen molar-refractivity contribution in [1.82, 2.24) is 10.2 Å². The summed E-state index contributed by atoms with van der Waals surface area (Å²) in [6, 6.07) is 8.29. The van der Waals surface area contributed by atoms with Gasteiger partial charge < -0.3 is 15.0 Å². The normalized spacial score (nSPS) is 15.3. The second-order valence-corrected chi connectivity index (χ2v) is 5.38. The van der Waals surface area contributed by atoms with Gasteiger partial charge in [0.2, 0.25) is 0 Å². The van der Waals surface area contributed by atoms with Crippen LogP contribution in [-0.2, 0) is 6.42 Å². The van der Waals surface area contributed by atoms with E-state index in [0.717, 1.165) is 50.7 Å². The van der Waals surface area contributed by atoms with Crippen LogP contribution in [0.5, 0.6) is 5.75 Å². The zero-order valence-electron chi connectivity index (χ0n) is 13.3. The molecule has 0 saturated carbocycles. The fourth-order valence-corrected chi connectivity index (χ4v) is 2.65. The first-order valence-corrected chi connectivity index (χ1v) is 7.99. The summed E-state index contributed by atoms with van der Waals surface area (Å²) in [5.41, 5.74) is 1.32. The lowest BCUT2D eigenvalue weighted by Gasteiger charge is -2.20. The van der Waals surface area contributed by atoms with Gasteiger partial charge in [0.25, 0.3) is 0 Å². The van der Waals surface area contributed by atoms with Gasteiger partial charge in [0, 0.05) is 26.2 Å². The van der Waals surface area contributed by atoms with E-state index in [0.29, 0.717) is 0 Å². The fourth-order valence-electron chi connectivity index (χ4n) is 2.65. The predicted molar refractivity (Wildman–Crippen MR) is 88.1 cm³/mol. The van der Waals surface area contributed by atoms with E-state index in [1.54, 1.807) is 7.11 Å². The zero-order valence-corrected chi connectivity index (χ0v) is 13.3. The van der Waals surface area contributed by atoms with Crippen molar-refractivity contribution in [1.29, 1.82) is 0 Å². The molecule has 1 aliphatic heterocycles. The van der Waals surface area contributed by atoms with Gasteiger partial charge in [-0.15, -0.1) is 0 Å². The van der Waals surface area contributed by atoms with Gasteiger partial charge in [0.05, 0.1) is 7.11 Å². The number of rotatable bonds is 6. The fraction of sp³-hybridized carbons (Fsp3) is 0.588. The quantitative estimate of drug-likeness (QED) is 0.497. The molecule has 0 aromatic heterocycles. The van der Waals surface area contributed by atoms with Crippen LogP contribution in [0.25, 0.3) is 0 Å². The molecule has 0 spiro atoms. The standard InChI is InChI=1S/C17H27N3O/c1-3-18-17(20-12-4-5-13-20)19-11-7-9-15-8-6-10-16(14-15)21-2/h6,8,10,14H,3-5,7,9,11-13H2,1-2H3,(H,18,19). The summed E-state index contributed by atoms with van der Waals surface area (Å²) in [4.78, 5) is 7.12. The average molecular weight is 289 g/mol. The first-order chi connectivity index (χ1) is 10.3. The topological polar surface area (TPSA) is 36.9 Å². The van der Waals surface area contributed by atoms with E-state index in [4.69, 9.17) is 9.73 Å². The molecule has 0 aliphatic carbocycles. The molecule has 116 valence electrons. The van der Waals surface area contributed by atoms with E-state index >= 15 is 0 Å². The minimum atomic E-state index is 0.871. The Labute approximate surface area is 128 Å². The van der Waals surface area contributed by atoms with Gasteiger partial charge >= 0.3 is 0 Å². The number of aliphatic imine (C=N–C) groups is 1. The second-order valence-electron chi connectivity index (χ2n) is 5.38. The van der Waals surface area contributed by atoms with E-state index in [9.17, 15) is 0 Å². The summed E-state index contributed by atoms with van der Waals surface area (Å²) in [5, 5.41) is 3.40. The molecule has 21 heavy (non-hydrogen) atoms. The summed E-state index contributed by atoms with van der Waals surface area (Å²) in [6.45, 7) is 6.21. The Morgan fingerprint density at radius 1 is 1.33 bits per heavy atom. The Kier molecular flexibility index (Phi) is 6.38. The highest BCUT2D eigenvalue weighted by Crippen LogP contribution is 2.14. The SMILES string of the molecule is CCNC(=NCCCc1cccc(OC)c1)N1CCCC1. The molecule has 0 atom stereocenters. The molecule has 2 rings (SSSR count). The van der Waals surface area contributed by atoms with E-state index in [-0.39, 0.29) is 0 Å². The van der Waals surface area contributed by atoms with Crippen LogP contribution in [0.15, 0.2) is 29.3 Å². The second kappa shape index (κ2) is 8.55. The van der Waals surface area contributed by atoms with Crippen molar-refractivity contribution in [3.8, 4) is 5.75 Å². The van der Waals surface area contributed by atoms with E-state index in [1.165, 1.54) is 18.4 Å². The van der Waals surface area contributed by atoms with Crippen LogP contribution in [0.3, 0.4) is 0 Å². The molecular weight excluding hydrogens is 262 g/mol. The van der Waals surface area contributed by atoms with Crippen molar-refractivity contribution >= 4 is 5.96 Å². The molecule has 0 unspecified atom stereocenters. The molecule has 1 saturated heterocycles. The lowest BCUT2D eigenvalue weighted by atomic mass is 10.1. The first kappa shape index (κ1) is 15.7. The number of ether oxygens (including phenoxy) is 1. The van der Waals surface area contributed by atoms with Crippen LogP contribution in [-0.4, -0.2) is 44.1 Å². The van der Waals surface area contributed by atoms with Gasteiger partial charge in [-0.3, -0.25) is 4.99 Å². The highest BCUT2D eigenvalue weighted by molar-refractivity contribution is 5.80. The zero-order chi connectivity index (χ0) is 14.9. The van der Waals surface area contributed by atoms with Gasteiger partial charge in [0.1, 0.15) is 5.75 Å². The number of methoxy groups -OCH3 is 1. The van der Waals surface area contributed by atoms with Gasteiger partial charge in [-0.1, -0.05) is 12.1 Å². The maximum absolute atomic E-state index is 5.25. The Morgan fingerprint density at radius 2 is 2.14 bits per heavy atom. The maximum Gasteiger partial charge on any atom is 0.193 e. The molecule has 0 bridgehead atoms. The molecule has 1 heterocycles. The third-order valence-electron chi connectivity index (χ3n) is 3.76. The highest BCUT2D eigenvalue weighted by atomic mass is 16.5. The van der Waals surface area contributed by atoms with Gasteiger partial charge in [-0.2, -0.15) is 0 Å². The number of hydrogen-bond donors (Lipinski definition) is 1. The molecule has 1 aromatic rings. The first-order valence-electron chi connectivity index (χ1n) is 7.99. The summed E-state index contributed by atoms with van der Waals surface area (Å²) in [5.74, 6) is 2.02. The number of hydrogen-bond acceptors (Lipinski definition) is 2. The van der Waals surface area contributed by atoms with Crippen LogP contribution < -0.4 is 10.1 Å². The molecule has 4 nitrogen and oxygen atoms in total. The van der Waals surface area contributed by atoms with Crippen molar-refractivity contribution in [2.75, 3.05) is 33.3 Å². The van der Waals surface area contributed by atoms with Crippen LogP contribution in [0, 0.1) is 0 Å². The smallest absolute Gasteiger partial charge is 0.193 e. The van der Waals surface area contributed by atoms with E-state index < -0.39 is 0 Å². The van der Waals surface area contributed by atoms with Crippen LogP contribution in [0.1, 0.15) is 31.7 Å². The molecule has 1 aromatic carbocycles. The van der Waals surface area contributed by atoms with E-state index in [1.807, 2.05) is 12.1 Å². The molecule has 0 amide bonds. The summed E-state index contributed by atoms with van der Waals surface area (Å²) < 4.78 is 5.25. The van der Waals surface area contributed by atoms with Crippen molar-refractivity contribution in [3.05, 3.63) is 29.8 Å². The minimum absolute atomic E-state index is 0.871. The van der Waals surface area contributed by atoms with Crippen LogP contribution >= 0.6 is 0 Å². The molecule has 1 fully saturated rings. The third-order valence-corrected chi connectivity index (χ3v) is 3.76. The molecule has 0 radical (unpaired) electrons. The summed E-state index contributed by atoms with van der Waals surface area (Å²) in [6.07, 6.45) is 4.68. The number of nitrogens with one attached hydrogen (secondary N) is 1. The van der Waals surface area contributed by atoms with Crippen molar-refractivity contribution < 1.29 is 4.74 Å². The lowest BCUT2D eigenvalue weighted by Crippen LogP contribution is -2.39. The minimum Gasteiger partial charge on any atom is -0.497 e. The molecule has 1 N–H and O–H groups in total. The molecular formula is C17H27N3O. The lowest BCUT2D eigenvalue weighted by molar-refractivity contribution is 0.414. The third kappa shape index (κ3) is 4.96. The van der Waals surface area contributed by atoms with Crippen LogP contribution in [0.2, 0.25) is 0 Å². The summed E-state index contributed by atoms with van der Waals surface area (Å²) in [7, 11) is 1.71. The maximum atomic E-state index is 5.25. The number of likely N-dealkylation sites (tertiary alicyclic amines) is 1. The van der Waals surface area contributed by atoms with E-state index in [2.05, 4.69) is 29.3 Å². The monoisotopic (exact) mass is 289 g/mol. The number of benzene rings is 1. The Bertz CT molecular complexity index is 453. The van der Waals surface area contributed by atoms with Crippen molar-refractivity contribution in [2.45, 2.75) is 32.6 Å². The Morgan fingerprint density at radius 3 is 2.86 bits per heavy atom. The van der Waals surface area contributed by atoms with Crippen molar-refractivity contribution in [2.24, 2.45) is 4.99 Å². The average Bonchev–Trinajstić information content (AvgIpc) is 3.05. The highest BCUT2D eigenvalue weighted by Gasteiger charge is 2.14.